The van der Waals surface area contributed by atoms with E-state index in [1.165, 1.54) is 11.1 Å². The average Bonchev–Trinajstić information content (AvgIpc) is 2.31. The summed E-state index contributed by atoms with van der Waals surface area (Å²) in [6.07, 6.45) is 2.98. The molecule has 17 heavy (non-hydrogen) atoms. The summed E-state index contributed by atoms with van der Waals surface area (Å²) in [6, 6.07) is 8.75. The van der Waals surface area contributed by atoms with Gasteiger partial charge in [0, 0.05) is 6.42 Å². The Kier molecular flexibility index (Phi) is 5.14. The van der Waals surface area contributed by atoms with E-state index in [9.17, 15) is 4.79 Å². The lowest BCUT2D eigenvalue weighted by atomic mass is 9.88. The maximum absolute atomic E-state index is 9.81. The van der Waals surface area contributed by atoms with Crippen LogP contribution in [0.15, 0.2) is 35.4 Å². The molecule has 1 aliphatic rings. The first kappa shape index (κ1) is 13.7. The first-order chi connectivity index (χ1) is 8.04. The Balaban J connectivity index is 0.000000249. The van der Waals surface area contributed by atoms with Crippen molar-refractivity contribution in [1.29, 1.82) is 0 Å². The van der Waals surface area contributed by atoms with Gasteiger partial charge in [-0.15, -0.1) is 0 Å². The van der Waals surface area contributed by atoms with E-state index in [0.29, 0.717) is 6.42 Å². The van der Waals surface area contributed by atoms with Crippen molar-refractivity contribution in [2.24, 2.45) is 0 Å². The molecule has 0 aliphatic heterocycles. The normalized spacial score (nSPS) is 13.6. The third-order valence-electron chi connectivity index (χ3n) is 3.26. The zero-order valence-electron chi connectivity index (χ0n) is 11.3. The van der Waals surface area contributed by atoms with Crippen molar-refractivity contribution in [2.75, 3.05) is 0 Å². The molecule has 0 heterocycles. The summed E-state index contributed by atoms with van der Waals surface area (Å²) in [5, 5.41) is 0. The van der Waals surface area contributed by atoms with Crippen molar-refractivity contribution in [3.8, 4) is 0 Å². The fourth-order valence-electron chi connectivity index (χ4n) is 1.78. The summed E-state index contributed by atoms with van der Waals surface area (Å²) in [5.41, 5.74) is 6.13. The van der Waals surface area contributed by atoms with Gasteiger partial charge in [-0.25, -0.2) is 0 Å². The number of allylic oxidation sites excluding steroid dienone is 2. The highest BCUT2D eigenvalue weighted by Gasteiger charge is 2.10. The minimum absolute atomic E-state index is 0.255. The summed E-state index contributed by atoms with van der Waals surface area (Å²) in [4.78, 5) is 9.81. The summed E-state index contributed by atoms with van der Waals surface area (Å²) in [7, 11) is 0. The minimum atomic E-state index is 0.255. The molecule has 0 unspecified atom stereocenters. The molecular weight excluding hydrogens is 208 g/mol. The van der Waals surface area contributed by atoms with Crippen LogP contribution in [0, 0.1) is 0 Å². The van der Waals surface area contributed by atoms with Gasteiger partial charge >= 0.3 is 0 Å². The van der Waals surface area contributed by atoms with Crippen molar-refractivity contribution in [3.63, 3.8) is 0 Å². The van der Waals surface area contributed by atoms with Crippen molar-refractivity contribution in [1.82, 2.24) is 0 Å². The Bertz CT molecular complexity index is 394. The molecule has 0 aromatic heterocycles. The van der Waals surface area contributed by atoms with E-state index in [1.54, 1.807) is 18.1 Å². The maximum atomic E-state index is 9.81. The molecular formula is C16H22O. The zero-order chi connectivity index (χ0) is 12.8. The summed E-state index contributed by atoms with van der Waals surface area (Å²) >= 11 is 0. The predicted octanol–water partition coefficient (Wildman–Crippen LogP) is 4.11. The van der Waals surface area contributed by atoms with Gasteiger partial charge in [0.2, 0.25) is 0 Å². The van der Waals surface area contributed by atoms with Gasteiger partial charge in [-0.2, -0.15) is 0 Å². The molecule has 1 nitrogen and oxygen atoms in total. The highest BCUT2D eigenvalue weighted by atomic mass is 16.1. The number of rotatable bonds is 1. The molecule has 0 radical (unpaired) electrons. The third kappa shape index (κ3) is 4.18. The standard InChI is InChI=1S/C12H14.C4H8O/c1-9-7-11-5-3-4-6-12(11)8-10(9)2;1-3-4(2)5/h3-6H,7-8H2,1-2H3;3H2,1-2H3. The molecule has 0 saturated heterocycles. The molecule has 0 fully saturated rings. The molecule has 0 bridgehead atoms. The Morgan fingerprint density at radius 3 is 1.71 bits per heavy atom. The van der Waals surface area contributed by atoms with Gasteiger partial charge < -0.3 is 4.79 Å². The largest absolute Gasteiger partial charge is 0.300 e. The van der Waals surface area contributed by atoms with Crippen molar-refractivity contribution < 1.29 is 4.79 Å². The van der Waals surface area contributed by atoms with Crippen LogP contribution in [0.3, 0.4) is 0 Å². The highest BCUT2D eigenvalue weighted by Crippen LogP contribution is 2.24. The summed E-state index contributed by atoms with van der Waals surface area (Å²) in [6.45, 7) is 7.92. The molecule has 0 N–H and O–H groups in total. The van der Waals surface area contributed by atoms with Crippen LogP contribution in [0.2, 0.25) is 0 Å². The number of carbonyl (C=O) groups is 1. The Morgan fingerprint density at radius 2 is 1.41 bits per heavy atom. The average molecular weight is 230 g/mol. The topological polar surface area (TPSA) is 17.1 Å². The molecule has 0 saturated carbocycles. The smallest absolute Gasteiger partial charge is 0.129 e. The summed E-state index contributed by atoms with van der Waals surface area (Å²) < 4.78 is 0. The van der Waals surface area contributed by atoms with Crippen LogP contribution in [0.25, 0.3) is 0 Å². The zero-order valence-corrected chi connectivity index (χ0v) is 11.3. The maximum Gasteiger partial charge on any atom is 0.129 e. The van der Waals surface area contributed by atoms with Gasteiger partial charge in [-0.3, -0.25) is 0 Å². The van der Waals surface area contributed by atoms with Crippen LogP contribution in [0.1, 0.15) is 45.2 Å². The molecule has 1 aliphatic carbocycles. The molecule has 0 atom stereocenters. The van der Waals surface area contributed by atoms with Crippen molar-refractivity contribution >= 4 is 5.78 Å². The number of hydrogen-bond donors (Lipinski definition) is 0. The second-order valence-corrected chi connectivity index (χ2v) is 4.74. The molecule has 2 rings (SSSR count). The van der Waals surface area contributed by atoms with E-state index in [-0.39, 0.29) is 5.78 Å². The van der Waals surface area contributed by atoms with Gasteiger partial charge in [0.25, 0.3) is 0 Å². The van der Waals surface area contributed by atoms with Crippen LogP contribution in [-0.2, 0) is 17.6 Å². The Morgan fingerprint density at radius 1 is 1.06 bits per heavy atom. The SMILES string of the molecule is CC1=C(C)Cc2ccccc2C1.CCC(C)=O. The second kappa shape index (κ2) is 6.39. The third-order valence-corrected chi connectivity index (χ3v) is 3.26. The quantitative estimate of drug-likeness (QED) is 0.664. The number of Topliss-reactive ketones (excluding diaryl/α,β-unsaturated/α-hetero) is 1. The van der Waals surface area contributed by atoms with Crippen LogP contribution < -0.4 is 0 Å². The predicted molar refractivity (Wildman–Crippen MR) is 73.2 cm³/mol. The molecule has 92 valence electrons. The Labute approximate surface area is 105 Å². The van der Waals surface area contributed by atoms with Crippen LogP contribution in [0.5, 0.6) is 0 Å². The van der Waals surface area contributed by atoms with Gasteiger partial charge in [-0.1, -0.05) is 42.3 Å². The van der Waals surface area contributed by atoms with Crippen molar-refractivity contribution in [3.05, 3.63) is 46.5 Å². The van der Waals surface area contributed by atoms with Gasteiger partial charge in [0.1, 0.15) is 5.78 Å². The fraction of sp³-hybridized carbons (Fsp3) is 0.438. The summed E-state index contributed by atoms with van der Waals surface area (Å²) in [5.74, 6) is 0.255. The number of benzene rings is 1. The number of fused-ring (bicyclic) bond motifs is 1. The molecule has 0 spiro atoms. The Hall–Kier alpha value is -1.37. The number of carbonyl (C=O) groups excluding carboxylic acids is 1. The van der Waals surface area contributed by atoms with E-state index in [1.807, 2.05) is 6.92 Å². The minimum Gasteiger partial charge on any atom is -0.300 e. The van der Waals surface area contributed by atoms with Crippen LogP contribution in [-0.4, -0.2) is 5.78 Å². The lowest BCUT2D eigenvalue weighted by molar-refractivity contribution is -0.116. The molecule has 0 amide bonds. The lowest BCUT2D eigenvalue weighted by Gasteiger charge is -2.18. The first-order valence-corrected chi connectivity index (χ1v) is 6.26. The van der Waals surface area contributed by atoms with Gasteiger partial charge in [0.05, 0.1) is 0 Å². The number of ketones is 1. The number of hydrogen-bond acceptors (Lipinski definition) is 1. The van der Waals surface area contributed by atoms with Crippen LogP contribution >= 0.6 is 0 Å². The molecule has 1 aromatic carbocycles. The van der Waals surface area contributed by atoms with E-state index in [0.717, 1.165) is 12.8 Å². The second-order valence-electron chi connectivity index (χ2n) is 4.74. The first-order valence-electron chi connectivity index (χ1n) is 6.26. The lowest BCUT2D eigenvalue weighted by Crippen LogP contribution is -2.04. The van der Waals surface area contributed by atoms with E-state index in [2.05, 4.69) is 38.1 Å². The van der Waals surface area contributed by atoms with Gasteiger partial charge in [0.15, 0.2) is 0 Å². The highest BCUT2D eigenvalue weighted by molar-refractivity contribution is 5.74. The van der Waals surface area contributed by atoms with E-state index >= 15 is 0 Å². The fourth-order valence-corrected chi connectivity index (χ4v) is 1.78. The molecule has 1 aromatic rings. The van der Waals surface area contributed by atoms with E-state index < -0.39 is 0 Å². The van der Waals surface area contributed by atoms with Crippen molar-refractivity contribution in [2.45, 2.75) is 47.0 Å². The van der Waals surface area contributed by atoms with E-state index in [4.69, 9.17) is 0 Å². The van der Waals surface area contributed by atoms with Crippen LogP contribution in [0.4, 0.5) is 0 Å². The monoisotopic (exact) mass is 230 g/mol. The molecule has 1 heteroatoms. The van der Waals surface area contributed by atoms with Gasteiger partial charge in [-0.05, 0) is 44.7 Å².